The number of rotatable bonds is 9. The van der Waals surface area contributed by atoms with Crippen molar-refractivity contribution in [3.05, 3.63) is 64.7 Å². The number of nitrogens with zero attached hydrogens (tertiary/aromatic N) is 2. The van der Waals surface area contributed by atoms with E-state index in [1.165, 1.54) is 0 Å². The van der Waals surface area contributed by atoms with E-state index < -0.39 is 23.4 Å². The van der Waals surface area contributed by atoms with Gasteiger partial charge in [0.1, 0.15) is 5.72 Å². The predicted molar refractivity (Wildman–Crippen MR) is 158 cm³/mol. The first-order chi connectivity index (χ1) is 19.6. The Kier molecular flexibility index (Phi) is 9.08. The molecule has 0 bridgehead atoms. The second-order valence-corrected chi connectivity index (χ2v) is 12.7. The first kappa shape index (κ1) is 30.4. The van der Waals surface area contributed by atoms with Gasteiger partial charge in [-0.05, 0) is 74.6 Å². The summed E-state index contributed by atoms with van der Waals surface area (Å²) < 4.78 is 51.6. The summed E-state index contributed by atoms with van der Waals surface area (Å²) in [6, 6.07) is 14.1. The van der Waals surface area contributed by atoms with Gasteiger partial charge in [-0.1, -0.05) is 68.1 Å². The van der Waals surface area contributed by atoms with E-state index in [-0.39, 0.29) is 0 Å². The number of halogens is 4. The van der Waals surface area contributed by atoms with E-state index in [4.69, 9.17) is 16.3 Å². The monoisotopic (exact) mass is 590 g/mol. The number of ether oxygens (including phenoxy) is 1. The molecular weight excluding hydrogens is 549 g/mol. The van der Waals surface area contributed by atoms with Crippen molar-refractivity contribution in [1.29, 1.82) is 0 Å². The van der Waals surface area contributed by atoms with E-state index in [2.05, 4.69) is 4.90 Å². The zero-order valence-corrected chi connectivity index (χ0v) is 24.9. The Morgan fingerprint density at radius 3 is 2.10 bits per heavy atom. The molecule has 2 aromatic rings. The van der Waals surface area contributed by atoms with Crippen molar-refractivity contribution in [2.24, 2.45) is 11.8 Å². The van der Waals surface area contributed by atoms with Crippen LogP contribution in [0.2, 0.25) is 5.02 Å². The highest BCUT2D eigenvalue weighted by Gasteiger charge is 2.79. The average Bonchev–Trinajstić information content (AvgIpc) is 2.96. The summed E-state index contributed by atoms with van der Waals surface area (Å²) in [5, 5.41) is 0.490. The molecule has 3 atom stereocenters. The maximum Gasteiger partial charge on any atom is 0.405 e. The van der Waals surface area contributed by atoms with Crippen molar-refractivity contribution in [2.45, 2.75) is 88.6 Å². The molecule has 3 aliphatic rings. The zero-order valence-electron chi connectivity index (χ0n) is 24.1. The molecule has 0 spiro atoms. The van der Waals surface area contributed by atoms with Gasteiger partial charge >= 0.3 is 6.18 Å². The Morgan fingerprint density at radius 2 is 1.56 bits per heavy atom. The largest absolute Gasteiger partial charge is 0.405 e. The molecule has 2 aromatic carbocycles. The standard InChI is InChI=1S/C33H42ClF3N2O2/c1-3-7-30-32(33(35,36)37,27-8-5-4-6-9-27)31(2,41-30)39-20-16-25(17-21-39)11-10-24-14-18-38(19-15-24)28-13-12-26(23-40)29(34)22-28/h4-6,8-9,12-13,22-25,30H,3,7,10-11,14-21H2,1-2H3. The highest BCUT2D eigenvalue weighted by Crippen LogP contribution is 2.63. The van der Waals surface area contributed by atoms with Gasteiger partial charge in [-0.15, -0.1) is 0 Å². The molecule has 3 aliphatic heterocycles. The number of likely N-dealkylation sites (tertiary alicyclic amines) is 1. The lowest BCUT2D eigenvalue weighted by atomic mass is 9.60. The van der Waals surface area contributed by atoms with E-state index in [9.17, 15) is 4.79 Å². The number of benzene rings is 2. The van der Waals surface area contributed by atoms with Crippen LogP contribution in [0.1, 0.15) is 81.1 Å². The minimum absolute atomic E-state index is 0.315. The number of alkyl halides is 3. The normalized spacial score (nSPS) is 28.4. The molecule has 5 rings (SSSR count). The first-order valence-corrected chi connectivity index (χ1v) is 15.6. The first-order valence-electron chi connectivity index (χ1n) is 15.2. The summed E-state index contributed by atoms with van der Waals surface area (Å²) in [4.78, 5) is 15.4. The number of carbonyl (C=O) groups excluding carboxylic acids is 1. The Labute approximate surface area is 247 Å². The highest BCUT2D eigenvalue weighted by molar-refractivity contribution is 6.33. The van der Waals surface area contributed by atoms with E-state index in [1.54, 1.807) is 43.3 Å². The number of anilines is 1. The Balaban J connectivity index is 1.17. The van der Waals surface area contributed by atoms with Crippen molar-refractivity contribution in [3.8, 4) is 0 Å². The van der Waals surface area contributed by atoms with Crippen LogP contribution in [0.15, 0.2) is 48.5 Å². The topological polar surface area (TPSA) is 32.8 Å². The lowest BCUT2D eigenvalue weighted by molar-refractivity contribution is -0.413. The molecular formula is C33H42ClF3N2O2. The molecule has 4 nitrogen and oxygen atoms in total. The molecule has 3 fully saturated rings. The second kappa shape index (κ2) is 12.3. The summed E-state index contributed by atoms with van der Waals surface area (Å²) >= 11 is 6.23. The smallest absolute Gasteiger partial charge is 0.371 e. The van der Waals surface area contributed by atoms with Crippen LogP contribution >= 0.6 is 11.6 Å². The molecule has 0 aromatic heterocycles. The lowest BCUT2D eigenvalue weighted by Gasteiger charge is -2.67. The number of piperidine rings is 2. The minimum Gasteiger partial charge on any atom is -0.371 e. The maximum absolute atomic E-state index is 15.1. The number of hydrogen-bond acceptors (Lipinski definition) is 4. The molecule has 3 heterocycles. The van der Waals surface area contributed by atoms with Crippen LogP contribution in [0.5, 0.6) is 0 Å². The molecule has 41 heavy (non-hydrogen) atoms. The van der Waals surface area contributed by atoms with Crippen LogP contribution in [-0.4, -0.2) is 55.4 Å². The van der Waals surface area contributed by atoms with E-state index >= 15 is 13.2 Å². The molecule has 8 heteroatoms. The fourth-order valence-electron chi connectivity index (χ4n) is 7.73. The number of hydrogen-bond donors (Lipinski definition) is 0. The summed E-state index contributed by atoms with van der Waals surface area (Å²) in [7, 11) is 0. The van der Waals surface area contributed by atoms with Gasteiger partial charge in [-0.3, -0.25) is 9.69 Å². The number of carbonyl (C=O) groups is 1. The van der Waals surface area contributed by atoms with E-state index in [1.807, 2.05) is 24.0 Å². The van der Waals surface area contributed by atoms with Gasteiger partial charge in [0.05, 0.1) is 11.1 Å². The maximum atomic E-state index is 15.1. The van der Waals surface area contributed by atoms with Gasteiger partial charge in [-0.2, -0.15) is 13.2 Å². The SMILES string of the molecule is CCCC1OC(C)(N2CCC(CCC3CCN(c4ccc(C=O)c(Cl)c4)CC3)CC2)C1(c1ccccc1)C(F)(F)F. The van der Waals surface area contributed by atoms with Crippen LogP contribution in [0.25, 0.3) is 0 Å². The van der Waals surface area contributed by atoms with Crippen LogP contribution < -0.4 is 4.90 Å². The van der Waals surface area contributed by atoms with Crippen LogP contribution in [-0.2, 0) is 10.2 Å². The predicted octanol–water partition coefficient (Wildman–Crippen LogP) is 8.28. The van der Waals surface area contributed by atoms with Crippen LogP contribution in [0, 0.1) is 11.8 Å². The highest BCUT2D eigenvalue weighted by atomic mass is 35.5. The van der Waals surface area contributed by atoms with Crippen molar-refractivity contribution < 1.29 is 22.7 Å². The molecule has 3 saturated heterocycles. The second-order valence-electron chi connectivity index (χ2n) is 12.3. The summed E-state index contributed by atoms with van der Waals surface area (Å²) in [6.45, 7) is 6.78. The quantitative estimate of drug-likeness (QED) is 0.275. The third kappa shape index (κ3) is 5.54. The summed E-state index contributed by atoms with van der Waals surface area (Å²) in [5.74, 6) is 1.19. The van der Waals surface area contributed by atoms with Crippen molar-refractivity contribution in [3.63, 3.8) is 0 Å². The molecule has 0 radical (unpaired) electrons. The van der Waals surface area contributed by atoms with E-state index in [0.717, 1.165) is 63.6 Å². The van der Waals surface area contributed by atoms with Gasteiger partial charge < -0.3 is 9.64 Å². The van der Waals surface area contributed by atoms with Gasteiger partial charge in [0.15, 0.2) is 11.7 Å². The van der Waals surface area contributed by atoms with Gasteiger partial charge in [0.2, 0.25) is 0 Å². The molecule has 0 amide bonds. The Bertz CT molecular complexity index is 1180. The lowest BCUT2D eigenvalue weighted by Crippen LogP contribution is -2.82. The van der Waals surface area contributed by atoms with E-state index in [0.29, 0.717) is 53.9 Å². The summed E-state index contributed by atoms with van der Waals surface area (Å²) in [5.41, 5.74) is -1.55. The van der Waals surface area contributed by atoms with Crippen LogP contribution in [0.4, 0.5) is 18.9 Å². The third-order valence-corrected chi connectivity index (χ3v) is 10.4. The van der Waals surface area contributed by atoms with Crippen molar-refractivity contribution in [2.75, 3.05) is 31.1 Å². The molecule has 0 aliphatic carbocycles. The van der Waals surface area contributed by atoms with Gasteiger partial charge in [-0.25, -0.2) is 0 Å². The Morgan fingerprint density at radius 1 is 0.951 bits per heavy atom. The molecule has 3 unspecified atom stereocenters. The van der Waals surface area contributed by atoms with Crippen molar-refractivity contribution in [1.82, 2.24) is 4.90 Å². The fourth-order valence-corrected chi connectivity index (χ4v) is 7.95. The minimum atomic E-state index is -4.42. The molecule has 0 saturated carbocycles. The number of aldehydes is 1. The fraction of sp³-hybridized carbons (Fsp3) is 0.606. The zero-order chi connectivity index (χ0) is 29.3. The summed E-state index contributed by atoms with van der Waals surface area (Å²) in [6.07, 6.45) is 2.83. The van der Waals surface area contributed by atoms with Gasteiger partial charge in [0, 0.05) is 37.4 Å². The van der Waals surface area contributed by atoms with Crippen molar-refractivity contribution >= 4 is 23.6 Å². The average molecular weight is 591 g/mol. The third-order valence-electron chi connectivity index (χ3n) is 10.1. The molecule has 224 valence electrons. The van der Waals surface area contributed by atoms with Gasteiger partial charge in [0.25, 0.3) is 0 Å². The Hall–Kier alpha value is -2.09. The van der Waals surface area contributed by atoms with Crippen LogP contribution in [0.3, 0.4) is 0 Å². The molecule has 0 N–H and O–H groups in total.